The zero-order chi connectivity index (χ0) is 17.6. The van der Waals surface area contributed by atoms with Gasteiger partial charge in [0.15, 0.2) is 0 Å². The second kappa shape index (κ2) is 8.17. The van der Waals surface area contributed by atoms with Gasteiger partial charge in [-0.1, -0.05) is 12.1 Å². The van der Waals surface area contributed by atoms with Crippen LogP contribution in [0.15, 0.2) is 48.5 Å². The van der Waals surface area contributed by atoms with Gasteiger partial charge < -0.3 is 15.0 Å². The van der Waals surface area contributed by atoms with E-state index in [1.165, 1.54) is 18.5 Å². The lowest BCUT2D eigenvalue weighted by molar-refractivity contribution is 0.0657. The molecule has 0 bridgehead atoms. The topological polar surface area (TPSA) is 41.6 Å². The van der Waals surface area contributed by atoms with Crippen LogP contribution in [0.5, 0.6) is 0 Å². The molecule has 0 atom stereocenters. The smallest absolute Gasteiger partial charge is 0.255 e. The number of anilines is 2. The molecule has 1 fully saturated rings. The number of benzene rings is 2. The Balaban J connectivity index is 1.57. The van der Waals surface area contributed by atoms with Crippen LogP contribution >= 0.6 is 0 Å². The minimum absolute atomic E-state index is 0.0924. The molecule has 132 valence electrons. The third-order valence-corrected chi connectivity index (χ3v) is 4.40. The SMILES string of the molecule is CC(C)OCc1ccc(C(=O)Nc2ccc(N3CCCC3)cc2)cc1. The molecule has 1 aliphatic heterocycles. The molecule has 0 radical (unpaired) electrons. The highest BCUT2D eigenvalue weighted by Gasteiger charge is 2.12. The summed E-state index contributed by atoms with van der Waals surface area (Å²) in [5.74, 6) is -0.0924. The third-order valence-electron chi connectivity index (χ3n) is 4.40. The Bertz CT molecular complexity index is 687. The molecule has 1 saturated heterocycles. The number of rotatable bonds is 6. The second-order valence-electron chi connectivity index (χ2n) is 6.75. The van der Waals surface area contributed by atoms with E-state index in [0.29, 0.717) is 12.2 Å². The predicted molar refractivity (Wildman–Crippen MR) is 102 cm³/mol. The zero-order valence-corrected chi connectivity index (χ0v) is 15.0. The molecule has 3 rings (SSSR count). The van der Waals surface area contributed by atoms with E-state index in [1.807, 2.05) is 50.2 Å². The van der Waals surface area contributed by atoms with Crippen LogP contribution in [0, 0.1) is 0 Å². The quantitative estimate of drug-likeness (QED) is 0.845. The van der Waals surface area contributed by atoms with Crippen LogP contribution in [-0.2, 0) is 11.3 Å². The van der Waals surface area contributed by atoms with E-state index >= 15 is 0 Å². The van der Waals surface area contributed by atoms with Gasteiger partial charge in [0.1, 0.15) is 0 Å². The maximum atomic E-state index is 12.4. The summed E-state index contributed by atoms with van der Waals surface area (Å²) in [5, 5.41) is 2.96. The van der Waals surface area contributed by atoms with E-state index in [0.717, 1.165) is 24.3 Å². The van der Waals surface area contributed by atoms with E-state index in [2.05, 4.69) is 22.3 Å². The van der Waals surface area contributed by atoms with Gasteiger partial charge in [-0.2, -0.15) is 0 Å². The van der Waals surface area contributed by atoms with E-state index in [4.69, 9.17) is 4.74 Å². The molecule has 1 heterocycles. The Morgan fingerprint density at radius 1 is 1.04 bits per heavy atom. The molecule has 0 aromatic heterocycles. The average Bonchev–Trinajstić information content (AvgIpc) is 3.15. The lowest BCUT2D eigenvalue weighted by Gasteiger charge is -2.17. The molecule has 4 nitrogen and oxygen atoms in total. The van der Waals surface area contributed by atoms with Gasteiger partial charge in [-0.3, -0.25) is 4.79 Å². The third kappa shape index (κ3) is 4.83. The summed E-state index contributed by atoms with van der Waals surface area (Å²) in [6.45, 7) is 6.84. The van der Waals surface area contributed by atoms with Crippen molar-refractivity contribution in [2.45, 2.75) is 39.4 Å². The molecule has 1 aliphatic rings. The number of carbonyl (C=O) groups is 1. The fourth-order valence-corrected chi connectivity index (χ4v) is 2.95. The molecule has 2 aromatic carbocycles. The number of hydrogen-bond acceptors (Lipinski definition) is 3. The van der Waals surface area contributed by atoms with Crippen molar-refractivity contribution in [2.75, 3.05) is 23.3 Å². The number of ether oxygens (including phenoxy) is 1. The molecular formula is C21H26N2O2. The minimum Gasteiger partial charge on any atom is -0.374 e. The standard InChI is InChI=1S/C21H26N2O2/c1-16(2)25-15-17-5-7-18(8-6-17)21(24)22-19-9-11-20(12-10-19)23-13-3-4-14-23/h5-12,16H,3-4,13-15H2,1-2H3,(H,22,24). The Morgan fingerprint density at radius 2 is 1.68 bits per heavy atom. The largest absolute Gasteiger partial charge is 0.374 e. The molecule has 1 amide bonds. The fourth-order valence-electron chi connectivity index (χ4n) is 2.95. The summed E-state index contributed by atoms with van der Waals surface area (Å²) < 4.78 is 5.57. The van der Waals surface area contributed by atoms with Gasteiger partial charge in [-0.25, -0.2) is 0 Å². The van der Waals surface area contributed by atoms with Crippen molar-refractivity contribution in [3.05, 3.63) is 59.7 Å². The van der Waals surface area contributed by atoms with Crippen LogP contribution in [0.2, 0.25) is 0 Å². The van der Waals surface area contributed by atoms with Gasteiger partial charge >= 0.3 is 0 Å². The summed E-state index contributed by atoms with van der Waals surface area (Å²) in [5.41, 5.74) is 3.77. The monoisotopic (exact) mass is 338 g/mol. The van der Waals surface area contributed by atoms with Crippen molar-refractivity contribution in [3.8, 4) is 0 Å². The van der Waals surface area contributed by atoms with Gasteiger partial charge in [0.05, 0.1) is 12.7 Å². The van der Waals surface area contributed by atoms with Crippen molar-refractivity contribution < 1.29 is 9.53 Å². The van der Waals surface area contributed by atoms with Crippen molar-refractivity contribution >= 4 is 17.3 Å². The summed E-state index contributed by atoms with van der Waals surface area (Å²) in [6, 6.07) is 15.6. The van der Waals surface area contributed by atoms with Crippen molar-refractivity contribution in [1.82, 2.24) is 0 Å². The van der Waals surface area contributed by atoms with Crippen LogP contribution in [0.3, 0.4) is 0 Å². The van der Waals surface area contributed by atoms with E-state index in [1.54, 1.807) is 0 Å². The van der Waals surface area contributed by atoms with Crippen molar-refractivity contribution in [3.63, 3.8) is 0 Å². The Labute approximate surface area is 149 Å². The molecule has 2 aromatic rings. The lowest BCUT2D eigenvalue weighted by Crippen LogP contribution is -2.17. The van der Waals surface area contributed by atoms with E-state index < -0.39 is 0 Å². The molecule has 1 N–H and O–H groups in total. The second-order valence-corrected chi connectivity index (χ2v) is 6.75. The molecule has 0 unspecified atom stereocenters. The highest BCUT2D eigenvalue weighted by Crippen LogP contribution is 2.22. The molecule has 25 heavy (non-hydrogen) atoms. The number of amides is 1. The maximum Gasteiger partial charge on any atom is 0.255 e. The maximum absolute atomic E-state index is 12.4. The summed E-state index contributed by atoms with van der Waals surface area (Å²) in [6.07, 6.45) is 2.72. The normalized spacial score (nSPS) is 14.1. The number of hydrogen-bond donors (Lipinski definition) is 1. The highest BCUT2D eigenvalue weighted by molar-refractivity contribution is 6.04. The van der Waals surface area contributed by atoms with E-state index in [-0.39, 0.29) is 12.0 Å². The Hall–Kier alpha value is -2.33. The molecule has 4 heteroatoms. The highest BCUT2D eigenvalue weighted by atomic mass is 16.5. The first-order chi connectivity index (χ1) is 12.1. The zero-order valence-electron chi connectivity index (χ0n) is 15.0. The Morgan fingerprint density at radius 3 is 2.28 bits per heavy atom. The fraction of sp³-hybridized carbons (Fsp3) is 0.381. The Kier molecular flexibility index (Phi) is 5.71. The summed E-state index contributed by atoms with van der Waals surface area (Å²) >= 11 is 0. The lowest BCUT2D eigenvalue weighted by atomic mass is 10.1. The predicted octanol–water partition coefficient (Wildman–Crippen LogP) is 4.46. The summed E-state index contributed by atoms with van der Waals surface area (Å²) in [7, 11) is 0. The molecule has 0 spiro atoms. The van der Waals surface area contributed by atoms with Gasteiger partial charge in [0.2, 0.25) is 0 Å². The first-order valence-corrected chi connectivity index (χ1v) is 8.99. The number of nitrogens with zero attached hydrogens (tertiary/aromatic N) is 1. The summed E-state index contributed by atoms with van der Waals surface area (Å²) in [4.78, 5) is 14.8. The van der Waals surface area contributed by atoms with Gasteiger partial charge in [-0.05, 0) is 68.7 Å². The molecular weight excluding hydrogens is 312 g/mol. The van der Waals surface area contributed by atoms with Crippen molar-refractivity contribution in [1.29, 1.82) is 0 Å². The number of carbonyl (C=O) groups excluding carboxylic acids is 1. The average molecular weight is 338 g/mol. The number of nitrogens with one attached hydrogen (secondary N) is 1. The first kappa shape index (κ1) is 17.5. The van der Waals surface area contributed by atoms with Gasteiger partial charge in [0.25, 0.3) is 5.91 Å². The van der Waals surface area contributed by atoms with Crippen LogP contribution in [0.1, 0.15) is 42.6 Å². The molecule has 0 saturated carbocycles. The van der Waals surface area contributed by atoms with Crippen LogP contribution in [-0.4, -0.2) is 25.1 Å². The van der Waals surface area contributed by atoms with Crippen LogP contribution < -0.4 is 10.2 Å². The minimum atomic E-state index is -0.0924. The van der Waals surface area contributed by atoms with Crippen molar-refractivity contribution in [2.24, 2.45) is 0 Å². The van der Waals surface area contributed by atoms with Crippen LogP contribution in [0.4, 0.5) is 11.4 Å². The van der Waals surface area contributed by atoms with Gasteiger partial charge in [0, 0.05) is 30.0 Å². The van der Waals surface area contributed by atoms with E-state index in [9.17, 15) is 4.79 Å². The first-order valence-electron chi connectivity index (χ1n) is 8.99. The molecule has 0 aliphatic carbocycles. The van der Waals surface area contributed by atoms with Crippen LogP contribution in [0.25, 0.3) is 0 Å². The van der Waals surface area contributed by atoms with Gasteiger partial charge in [-0.15, -0.1) is 0 Å².